The number of phenolic OH excluding ortho intramolecular Hbond substituents is 2. The van der Waals surface area contributed by atoms with Gasteiger partial charge in [-0.1, -0.05) is 12.1 Å². The van der Waals surface area contributed by atoms with Crippen LogP contribution in [0.5, 0.6) is 11.5 Å². The van der Waals surface area contributed by atoms with Crippen molar-refractivity contribution in [1.29, 1.82) is 0 Å². The summed E-state index contributed by atoms with van der Waals surface area (Å²) in [7, 11) is 4.79. The third-order valence-corrected chi connectivity index (χ3v) is 12.5. The maximum atomic E-state index is 14.0. The molecule has 60 heavy (non-hydrogen) atoms. The Labute approximate surface area is 347 Å². The van der Waals surface area contributed by atoms with E-state index < -0.39 is 132 Å². The number of carbonyl (C=O) groups excluding carboxylic acids is 4. The lowest BCUT2D eigenvalue weighted by molar-refractivity contribution is -0.328. The maximum absolute atomic E-state index is 14.0. The Hall–Kier alpha value is -3.88. The number of esters is 1. The van der Waals surface area contributed by atoms with Gasteiger partial charge in [-0.3, -0.25) is 19.2 Å². The minimum absolute atomic E-state index is 0.0661. The van der Waals surface area contributed by atoms with E-state index in [4.69, 9.17) is 33.2 Å². The fourth-order valence-electron chi connectivity index (χ4n) is 9.63. The number of hydrogen-bond acceptors (Lipinski definition) is 17. The molecule has 17 nitrogen and oxygen atoms in total. The van der Waals surface area contributed by atoms with Crippen LogP contribution in [0, 0.1) is 0 Å². The number of likely N-dealkylation sites (N-methyl/N-ethyl adjacent to an activating group) is 1. The van der Waals surface area contributed by atoms with Crippen molar-refractivity contribution in [2.24, 2.45) is 0 Å². The predicted octanol–water partition coefficient (Wildman–Crippen LogP) is 2.52. The number of nitrogens with zero attached hydrogens (tertiary/aromatic N) is 1. The average Bonchev–Trinajstić information content (AvgIpc) is 3.16. The molecule has 3 heterocycles. The van der Waals surface area contributed by atoms with E-state index in [2.05, 4.69) is 0 Å². The quantitative estimate of drug-likeness (QED) is 0.184. The van der Waals surface area contributed by atoms with Crippen LogP contribution in [0.3, 0.4) is 0 Å². The second kappa shape index (κ2) is 17.1. The molecule has 14 atom stereocenters. The molecule has 5 aliphatic rings. The van der Waals surface area contributed by atoms with Gasteiger partial charge in [-0.25, -0.2) is 0 Å². The van der Waals surface area contributed by atoms with Crippen LogP contribution in [-0.4, -0.2) is 148 Å². The molecule has 2 aromatic carbocycles. The number of rotatable bonds is 10. The Morgan fingerprint density at radius 2 is 1.48 bits per heavy atom. The van der Waals surface area contributed by atoms with Crippen LogP contribution in [-0.2, 0) is 42.7 Å². The summed E-state index contributed by atoms with van der Waals surface area (Å²) in [4.78, 5) is 55.9. The first-order chi connectivity index (χ1) is 28.3. The number of hydrogen-bond donors (Lipinski definition) is 5. The molecule has 2 aliphatic carbocycles. The van der Waals surface area contributed by atoms with Crippen LogP contribution in [0.4, 0.5) is 0 Å². The summed E-state index contributed by atoms with van der Waals surface area (Å²) >= 11 is 0. The zero-order valence-electron chi connectivity index (χ0n) is 34.7. The van der Waals surface area contributed by atoms with Gasteiger partial charge in [-0.05, 0) is 65.9 Å². The molecule has 0 saturated carbocycles. The first-order valence-corrected chi connectivity index (χ1v) is 20.4. The molecule has 328 valence electrons. The van der Waals surface area contributed by atoms with Gasteiger partial charge < -0.3 is 63.6 Å². The number of Topliss-reactive ketones (excluding diaryl/α,β-unsaturated/α-hetero) is 1. The molecule has 7 rings (SSSR count). The Balaban J connectivity index is 1.16. The second-order valence-corrected chi connectivity index (χ2v) is 17.0. The van der Waals surface area contributed by atoms with Crippen molar-refractivity contribution in [3.63, 3.8) is 0 Å². The molecule has 3 saturated heterocycles. The zero-order chi connectivity index (χ0) is 43.5. The monoisotopic (exact) mass is 841 g/mol. The summed E-state index contributed by atoms with van der Waals surface area (Å²) in [6, 6.07) is 4.88. The summed E-state index contributed by atoms with van der Waals surface area (Å²) in [5.74, 6) is -5.65. The molecule has 0 unspecified atom stereocenters. The lowest BCUT2D eigenvalue weighted by atomic mass is 9.66. The molecule has 0 radical (unpaired) electrons. The molecule has 0 spiro atoms. The summed E-state index contributed by atoms with van der Waals surface area (Å²) in [5, 5.41) is 56.1. The Kier molecular flexibility index (Phi) is 12.6. The third-order valence-electron chi connectivity index (χ3n) is 12.5. The number of carbonyl (C=O) groups is 4. The standard InChI is InChI=1S/C43H55NO16/c1-18(45)16-43(53)17-29(34-23(36(43)42(52)54-7)13-24-35(39(34)51)38(50)33-22(37(24)49)9-8-10-27(33)47)58-31-14-25(44(5)6)40(20(3)56-31)60-32-15-28(48)41(21(4)57-32)59-30-12-11-26(46)19(2)55-30/h8-10,13,19-21,25-26,28-32,36,40-41,46-48,51,53H,11-12,14-17H2,1-7H3/t19-,20-,21-,25-,26-,28-,29-,30-,31-,32-,36-,40+,41+,43+/m0/s1. The average molecular weight is 842 g/mol. The molecule has 0 amide bonds. The number of aliphatic hydroxyl groups is 3. The zero-order valence-corrected chi connectivity index (χ0v) is 34.7. The van der Waals surface area contributed by atoms with E-state index >= 15 is 0 Å². The molecule has 5 N–H and O–H groups in total. The van der Waals surface area contributed by atoms with Crippen molar-refractivity contribution in [2.75, 3.05) is 21.2 Å². The fraction of sp³-hybridized carbons (Fsp3) is 0.628. The highest BCUT2D eigenvalue weighted by Gasteiger charge is 2.55. The first-order valence-electron chi connectivity index (χ1n) is 20.4. The van der Waals surface area contributed by atoms with Gasteiger partial charge in [0.05, 0.1) is 60.5 Å². The molecule has 3 aliphatic heterocycles. The van der Waals surface area contributed by atoms with Crippen LogP contribution >= 0.6 is 0 Å². The summed E-state index contributed by atoms with van der Waals surface area (Å²) in [5.41, 5.74) is -3.33. The Bertz CT molecular complexity index is 1990. The number of methoxy groups -OCH3 is 1. The molecular weight excluding hydrogens is 786 g/mol. The molecule has 17 heteroatoms. The highest BCUT2D eigenvalue weighted by atomic mass is 16.7. The van der Waals surface area contributed by atoms with Gasteiger partial charge in [-0.2, -0.15) is 0 Å². The number of aliphatic hydroxyl groups excluding tert-OH is 2. The molecular formula is C43H55NO16. The van der Waals surface area contributed by atoms with Gasteiger partial charge in [0.2, 0.25) is 5.78 Å². The van der Waals surface area contributed by atoms with Gasteiger partial charge in [0.25, 0.3) is 0 Å². The first kappa shape index (κ1) is 44.2. The maximum Gasteiger partial charge on any atom is 0.316 e. The molecule has 2 aromatic rings. The summed E-state index contributed by atoms with van der Waals surface area (Å²) < 4.78 is 42.7. The van der Waals surface area contributed by atoms with Gasteiger partial charge >= 0.3 is 5.97 Å². The van der Waals surface area contributed by atoms with Gasteiger partial charge in [0, 0.05) is 54.8 Å². The predicted molar refractivity (Wildman–Crippen MR) is 207 cm³/mol. The van der Waals surface area contributed by atoms with Crippen LogP contribution < -0.4 is 0 Å². The largest absolute Gasteiger partial charge is 0.507 e. The number of ketones is 3. The molecule has 0 bridgehead atoms. The van der Waals surface area contributed by atoms with E-state index in [-0.39, 0.29) is 46.7 Å². The Morgan fingerprint density at radius 1 is 0.833 bits per heavy atom. The smallest absolute Gasteiger partial charge is 0.316 e. The number of benzene rings is 2. The highest BCUT2D eigenvalue weighted by Crippen LogP contribution is 2.54. The second-order valence-electron chi connectivity index (χ2n) is 17.0. The van der Waals surface area contributed by atoms with E-state index in [0.717, 1.165) is 7.11 Å². The normalized spacial score (nSPS) is 36.6. The topological polar surface area (TPSA) is 237 Å². The van der Waals surface area contributed by atoms with Crippen molar-refractivity contribution >= 4 is 23.3 Å². The van der Waals surface area contributed by atoms with Crippen molar-refractivity contribution in [3.05, 3.63) is 57.6 Å². The summed E-state index contributed by atoms with van der Waals surface area (Å²) in [6.07, 6.45) is -7.97. The SMILES string of the molecule is COC(=O)[C@@H]1c2cc3c(c(O)c2[C@@H](O[C@H]2C[C@H](N(C)C)[C@H](O[C@H]4C[C@H](O)[C@H](O[C@H]5CC[C@H](O)[C@H](C)O5)[C@H](C)O4)[C@H](C)O2)C[C@]1(O)CC(C)=O)C(=O)c1c(O)cccc1C3=O. The lowest BCUT2D eigenvalue weighted by Crippen LogP contribution is -2.58. The van der Waals surface area contributed by atoms with Crippen LogP contribution in [0.25, 0.3) is 0 Å². The Morgan fingerprint density at radius 3 is 2.12 bits per heavy atom. The van der Waals surface area contributed by atoms with Crippen LogP contribution in [0.15, 0.2) is 24.3 Å². The van der Waals surface area contributed by atoms with E-state index in [1.807, 2.05) is 19.0 Å². The van der Waals surface area contributed by atoms with Crippen molar-refractivity contribution in [1.82, 2.24) is 4.90 Å². The minimum atomic E-state index is -2.12. The number of phenols is 2. The van der Waals surface area contributed by atoms with Crippen molar-refractivity contribution < 1.29 is 77.9 Å². The molecule has 0 aromatic heterocycles. The number of ether oxygens (including phenoxy) is 7. The molecule has 3 fully saturated rings. The van der Waals surface area contributed by atoms with Crippen molar-refractivity contribution in [3.8, 4) is 11.5 Å². The van der Waals surface area contributed by atoms with Gasteiger partial charge in [0.15, 0.2) is 24.7 Å². The van der Waals surface area contributed by atoms with E-state index in [9.17, 15) is 44.7 Å². The fourth-order valence-corrected chi connectivity index (χ4v) is 9.63. The summed E-state index contributed by atoms with van der Waals surface area (Å²) in [6.45, 7) is 6.57. The van der Waals surface area contributed by atoms with E-state index in [0.29, 0.717) is 12.8 Å². The van der Waals surface area contributed by atoms with Gasteiger partial charge in [0.1, 0.15) is 35.4 Å². The lowest BCUT2D eigenvalue weighted by Gasteiger charge is -2.48. The van der Waals surface area contributed by atoms with Crippen LogP contribution in [0.2, 0.25) is 0 Å². The minimum Gasteiger partial charge on any atom is -0.507 e. The van der Waals surface area contributed by atoms with E-state index in [1.165, 1.54) is 31.2 Å². The van der Waals surface area contributed by atoms with E-state index in [1.54, 1.807) is 20.8 Å². The number of fused-ring (bicyclic) bond motifs is 3. The third kappa shape index (κ3) is 8.12. The number of aromatic hydroxyl groups is 2. The highest BCUT2D eigenvalue weighted by molar-refractivity contribution is 6.30. The van der Waals surface area contributed by atoms with Crippen LogP contribution in [0.1, 0.15) is 121 Å². The van der Waals surface area contributed by atoms with Gasteiger partial charge in [-0.15, -0.1) is 0 Å². The van der Waals surface area contributed by atoms with Crippen molar-refractivity contribution in [2.45, 2.75) is 151 Å².